The molecule has 0 amide bonds. The predicted octanol–water partition coefficient (Wildman–Crippen LogP) is 5.76. The van der Waals surface area contributed by atoms with Crippen molar-refractivity contribution < 1.29 is 9.53 Å². The molecule has 3 aromatic rings. The third-order valence-corrected chi connectivity index (χ3v) is 5.31. The van der Waals surface area contributed by atoms with E-state index in [0.29, 0.717) is 5.75 Å². The van der Waals surface area contributed by atoms with E-state index in [2.05, 4.69) is 32.9 Å². The van der Waals surface area contributed by atoms with E-state index in [9.17, 15) is 4.79 Å². The zero-order valence-corrected chi connectivity index (χ0v) is 16.7. The van der Waals surface area contributed by atoms with Gasteiger partial charge in [-0.25, -0.2) is 4.79 Å². The van der Waals surface area contributed by atoms with Crippen LogP contribution in [0.25, 0.3) is 0 Å². The molecule has 1 atom stereocenters. The van der Waals surface area contributed by atoms with E-state index in [4.69, 9.17) is 17.4 Å². The molecule has 0 saturated carbocycles. The summed E-state index contributed by atoms with van der Waals surface area (Å²) < 4.78 is 4.47. The number of hydrogen-bond acceptors (Lipinski definition) is 3. The summed E-state index contributed by atoms with van der Waals surface area (Å²) >= 11 is 4.86. The lowest BCUT2D eigenvalue weighted by Crippen LogP contribution is -2.35. The summed E-state index contributed by atoms with van der Waals surface area (Å²) in [7, 11) is 0. The SMILES string of the molecule is CC(C)(C)c1ccc(C(S)(C(=O)Oc2ccccc2)c2ccccc2)cc1. The van der Waals surface area contributed by atoms with Crippen molar-refractivity contribution in [3.05, 3.63) is 102 Å². The van der Waals surface area contributed by atoms with Crippen LogP contribution >= 0.6 is 12.6 Å². The van der Waals surface area contributed by atoms with Crippen LogP contribution < -0.4 is 4.74 Å². The van der Waals surface area contributed by atoms with Crippen LogP contribution in [0.5, 0.6) is 5.75 Å². The minimum Gasteiger partial charge on any atom is -0.425 e. The second-order valence-corrected chi connectivity index (χ2v) is 8.28. The number of esters is 1. The fraction of sp³-hybridized carbons (Fsp3) is 0.208. The molecule has 0 aliphatic heterocycles. The summed E-state index contributed by atoms with van der Waals surface area (Å²) in [6.45, 7) is 6.49. The van der Waals surface area contributed by atoms with E-state index < -0.39 is 10.7 Å². The van der Waals surface area contributed by atoms with Gasteiger partial charge in [0.15, 0.2) is 4.75 Å². The quantitative estimate of drug-likeness (QED) is 0.356. The maximum absolute atomic E-state index is 13.2. The standard InChI is InChI=1S/C24H24O2S/c1-23(2,3)18-14-16-20(17-15-18)24(27,19-10-6-4-7-11-19)22(25)26-21-12-8-5-9-13-21/h4-17,27H,1-3H3. The smallest absolute Gasteiger partial charge is 0.336 e. The van der Waals surface area contributed by atoms with E-state index in [-0.39, 0.29) is 5.41 Å². The van der Waals surface area contributed by atoms with Gasteiger partial charge in [0.25, 0.3) is 0 Å². The lowest BCUT2D eigenvalue weighted by Gasteiger charge is -2.28. The first-order chi connectivity index (χ1) is 12.8. The molecule has 0 N–H and O–H groups in total. The van der Waals surface area contributed by atoms with E-state index in [1.807, 2.05) is 60.7 Å². The van der Waals surface area contributed by atoms with Gasteiger partial charge >= 0.3 is 5.97 Å². The van der Waals surface area contributed by atoms with Crippen molar-refractivity contribution in [2.24, 2.45) is 0 Å². The first-order valence-corrected chi connectivity index (χ1v) is 9.43. The van der Waals surface area contributed by atoms with Crippen LogP contribution in [0.15, 0.2) is 84.9 Å². The largest absolute Gasteiger partial charge is 0.425 e. The van der Waals surface area contributed by atoms with Crippen molar-refractivity contribution in [3.8, 4) is 5.75 Å². The molecule has 0 radical (unpaired) electrons. The van der Waals surface area contributed by atoms with Gasteiger partial charge in [0.05, 0.1) is 0 Å². The number of rotatable bonds is 4. The number of ether oxygens (including phenoxy) is 1. The Kier molecular flexibility index (Phi) is 5.43. The average molecular weight is 377 g/mol. The van der Waals surface area contributed by atoms with Gasteiger partial charge in [0.1, 0.15) is 5.75 Å². The lowest BCUT2D eigenvalue weighted by atomic mass is 9.84. The summed E-state index contributed by atoms with van der Waals surface area (Å²) in [6, 6.07) is 26.6. The number of benzene rings is 3. The van der Waals surface area contributed by atoms with E-state index in [0.717, 1.165) is 11.1 Å². The molecule has 0 fully saturated rings. The Morgan fingerprint density at radius 1 is 0.704 bits per heavy atom. The minimum absolute atomic E-state index is 0.0368. The fourth-order valence-corrected chi connectivity index (χ4v) is 3.31. The molecule has 0 aliphatic rings. The van der Waals surface area contributed by atoms with Crippen LogP contribution in [0.1, 0.15) is 37.5 Å². The van der Waals surface area contributed by atoms with Crippen molar-refractivity contribution >= 4 is 18.6 Å². The van der Waals surface area contributed by atoms with Gasteiger partial charge in [-0.05, 0) is 34.2 Å². The number of thiol groups is 1. The first-order valence-electron chi connectivity index (χ1n) is 8.98. The molecule has 0 aliphatic carbocycles. The van der Waals surface area contributed by atoms with E-state index in [1.54, 1.807) is 12.1 Å². The van der Waals surface area contributed by atoms with Gasteiger partial charge in [-0.3, -0.25) is 0 Å². The molecule has 0 heterocycles. The molecule has 3 heteroatoms. The molecule has 0 spiro atoms. The maximum atomic E-state index is 13.2. The highest BCUT2D eigenvalue weighted by Crippen LogP contribution is 2.38. The number of hydrogen-bond donors (Lipinski definition) is 1. The first kappa shape index (κ1) is 19.2. The van der Waals surface area contributed by atoms with Crippen molar-refractivity contribution in [1.29, 1.82) is 0 Å². The van der Waals surface area contributed by atoms with Gasteiger partial charge in [-0.2, -0.15) is 12.6 Å². The highest BCUT2D eigenvalue weighted by atomic mass is 32.1. The lowest BCUT2D eigenvalue weighted by molar-refractivity contribution is -0.136. The Bertz CT molecular complexity index is 897. The molecule has 0 aromatic heterocycles. The normalized spacial score (nSPS) is 13.6. The summed E-state index contributed by atoms with van der Waals surface area (Å²) in [5, 5.41) is 0. The van der Waals surface area contributed by atoms with Crippen LogP contribution in [0, 0.1) is 0 Å². The van der Waals surface area contributed by atoms with Crippen LogP contribution in [-0.2, 0) is 15.0 Å². The highest BCUT2D eigenvalue weighted by molar-refractivity contribution is 7.82. The Balaban J connectivity index is 2.04. The Labute approximate surface area is 166 Å². The third kappa shape index (κ3) is 4.09. The number of para-hydroxylation sites is 1. The number of carbonyl (C=O) groups is 1. The summed E-state index contributed by atoms with van der Waals surface area (Å²) in [5.74, 6) is 0.0786. The Morgan fingerprint density at radius 2 is 1.15 bits per heavy atom. The third-order valence-electron chi connectivity index (χ3n) is 4.61. The van der Waals surface area contributed by atoms with Crippen LogP contribution in [0.2, 0.25) is 0 Å². The van der Waals surface area contributed by atoms with Gasteiger partial charge in [0.2, 0.25) is 0 Å². The second kappa shape index (κ2) is 7.61. The fourth-order valence-electron chi connectivity index (χ4n) is 2.96. The monoisotopic (exact) mass is 376 g/mol. The van der Waals surface area contributed by atoms with Crippen molar-refractivity contribution in [3.63, 3.8) is 0 Å². The highest BCUT2D eigenvalue weighted by Gasteiger charge is 2.40. The van der Waals surface area contributed by atoms with Gasteiger partial charge in [-0.15, -0.1) is 0 Å². The summed E-state index contributed by atoms with van der Waals surface area (Å²) in [5.41, 5.74) is 2.80. The van der Waals surface area contributed by atoms with Crippen molar-refractivity contribution in [2.75, 3.05) is 0 Å². The van der Waals surface area contributed by atoms with Crippen molar-refractivity contribution in [2.45, 2.75) is 30.9 Å². The molecule has 27 heavy (non-hydrogen) atoms. The summed E-state index contributed by atoms with van der Waals surface area (Å²) in [6.07, 6.45) is 0. The van der Waals surface area contributed by atoms with Crippen LogP contribution in [-0.4, -0.2) is 5.97 Å². The minimum atomic E-state index is -1.20. The summed E-state index contributed by atoms with van der Waals surface area (Å²) in [4.78, 5) is 13.2. The van der Waals surface area contributed by atoms with Crippen LogP contribution in [0.4, 0.5) is 0 Å². The molecular weight excluding hydrogens is 352 g/mol. The van der Waals surface area contributed by atoms with Gasteiger partial charge < -0.3 is 4.74 Å². The van der Waals surface area contributed by atoms with Gasteiger partial charge in [0, 0.05) is 0 Å². The second-order valence-electron chi connectivity index (χ2n) is 7.61. The van der Waals surface area contributed by atoms with Gasteiger partial charge in [-0.1, -0.05) is 93.6 Å². The molecule has 3 rings (SSSR count). The van der Waals surface area contributed by atoms with Crippen LogP contribution in [0.3, 0.4) is 0 Å². The molecule has 0 bridgehead atoms. The molecule has 1 unspecified atom stereocenters. The molecule has 138 valence electrons. The average Bonchev–Trinajstić information content (AvgIpc) is 2.68. The topological polar surface area (TPSA) is 26.3 Å². The predicted molar refractivity (Wildman–Crippen MR) is 113 cm³/mol. The molecule has 2 nitrogen and oxygen atoms in total. The molecule has 3 aromatic carbocycles. The zero-order chi connectivity index (χ0) is 19.5. The molecular formula is C24H24O2S. The Morgan fingerprint density at radius 3 is 1.67 bits per heavy atom. The number of carbonyl (C=O) groups excluding carboxylic acids is 1. The van der Waals surface area contributed by atoms with E-state index in [1.165, 1.54) is 5.56 Å². The zero-order valence-electron chi connectivity index (χ0n) is 15.8. The van der Waals surface area contributed by atoms with Crippen molar-refractivity contribution in [1.82, 2.24) is 0 Å². The van der Waals surface area contributed by atoms with E-state index >= 15 is 0 Å². The molecule has 0 saturated heterocycles. The Hall–Kier alpha value is -2.52. The maximum Gasteiger partial charge on any atom is 0.336 e.